The van der Waals surface area contributed by atoms with Gasteiger partial charge in [0.15, 0.2) is 0 Å². The van der Waals surface area contributed by atoms with Crippen molar-refractivity contribution in [2.24, 2.45) is 0 Å². The third-order valence-electron chi connectivity index (χ3n) is 2.58. The molecule has 2 rings (SSSR count). The van der Waals surface area contributed by atoms with Gasteiger partial charge in [-0.25, -0.2) is 4.79 Å². The fraction of sp³-hybridized carbons (Fsp3) is 0.364. The SMILES string of the molecule is CN1CC(c2cccc(C(F)(F)F)c2)OC1=O. The number of hydrogen-bond acceptors (Lipinski definition) is 2. The van der Waals surface area contributed by atoms with Gasteiger partial charge in [0.25, 0.3) is 0 Å². The predicted octanol–water partition coefficient (Wildman–Crippen LogP) is 2.83. The number of nitrogens with zero attached hydrogens (tertiary/aromatic N) is 1. The van der Waals surface area contributed by atoms with Crippen molar-refractivity contribution in [2.45, 2.75) is 12.3 Å². The molecule has 1 aromatic rings. The molecule has 0 N–H and O–H groups in total. The minimum atomic E-state index is -4.38. The number of carbonyl (C=O) groups is 1. The highest BCUT2D eigenvalue weighted by atomic mass is 19.4. The first-order chi connectivity index (χ1) is 7.88. The van der Waals surface area contributed by atoms with Crippen LogP contribution in [-0.2, 0) is 10.9 Å². The van der Waals surface area contributed by atoms with E-state index in [9.17, 15) is 18.0 Å². The fourth-order valence-corrected chi connectivity index (χ4v) is 1.66. The van der Waals surface area contributed by atoms with Crippen molar-refractivity contribution in [1.82, 2.24) is 4.90 Å². The van der Waals surface area contributed by atoms with Crippen molar-refractivity contribution in [1.29, 1.82) is 0 Å². The molecule has 1 atom stereocenters. The van der Waals surface area contributed by atoms with Crippen LogP contribution in [0.15, 0.2) is 24.3 Å². The molecule has 1 aromatic carbocycles. The van der Waals surface area contributed by atoms with Crippen LogP contribution in [0.1, 0.15) is 17.2 Å². The summed E-state index contributed by atoms with van der Waals surface area (Å²) in [4.78, 5) is 12.4. The van der Waals surface area contributed by atoms with Crippen LogP contribution < -0.4 is 0 Å². The molecule has 1 fully saturated rings. The Morgan fingerprint density at radius 1 is 1.41 bits per heavy atom. The molecular weight excluding hydrogens is 235 g/mol. The van der Waals surface area contributed by atoms with E-state index >= 15 is 0 Å². The molecule has 17 heavy (non-hydrogen) atoms. The molecule has 0 saturated carbocycles. The Labute approximate surface area is 95.8 Å². The number of cyclic esters (lactones) is 1. The molecule has 0 aromatic heterocycles. The molecule has 1 aliphatic heterocycles. The number of halogens is 3. The minimum absolute atomic E-state index is 0.264. The van der Waals surface area contributed by atoms with E-state index in [1.165, 1.54) is 24.1 Å². The van der Waals surface area contributed by atoms with Gasteiger partial charge in [-0.1, -0.05) is 12.1 Å². The van der Waals surface area contributed by atoms with E-state index in [0.29, 0.717) is 5.56 Å². The van der Waals surface area contributed by atoms with Crippen LogP contribution in [-0.4, -0.2) is 24.6 Å². The molecule has 1 heterocycles. The summed E-state index contributed by atoms with van der Waals surface area (Å²) in [6.07, 6.45) is -5.54. The van der Waals surface area contributed by atoms with E-state index in [1.54, 1.807) is 0 Å². The quantitative estimate of drug-likeness (QED) is 0.761. The van der Waals surface area contributed by atoms with Gasteiger partial charge in [-0.3, -0.25) is 0 Å². The number of benzene rings is 1. The van der Waals surface area contributed by atoms with Crippen molar-refractivity contribution >= 4 is 6.09 Å². The van der Waals surface area contributed by atoms with Crippen molar-refractivity contribution in [3.05, 3.63) is 35.4 Å². The molecule has 1 saturated heterocycles. The van der Waals surface area contributed by atoms with Gasteiger partial charge in [0.05, 0.1) is 12.1 Å². The van der Waals surface area contributed by atoms with Gasteiger partial charge in [0, 0.05) is 7.05 Å². The van der Waals surface area contributed by atoms with E-state index in [-0.39, 0.29) is 6.54 Å². The van der Waals surface area contributed by atoms with Gasteiger partial charge in [0.2, 0.25) is 0 Å². The average molecular weight is 245 g/mol. The molecule has 3 nitrogen and oxygen atoms in total. The Bertz CT molecular complexity index is 445. The van der Waals surface area contributed by atoms with Gasteiger partial charge in [-0.05, 0) is 17.7 Å². The Hall–Kier alpha value is -1.72. The van der Waals surface area contributed by atoms with Crippen LogP contribution in [0.2, 0.25) is 0 Å². The van der Waals surface area contributed by atoms with Crippen LogP contribution in [0.3, 0.4) is 0 Å². The molecule has 0 spiro atoms. The Kier molecular flexibility index (Phi) is 2.73. The second-order valence-corrected chi connectivity index (χ2v) is 3.88. The molecule has 92 valence electrons. The zero-order chi connectivity index (χ0) is 12.6. The Morgan fingerprint density at radius 3 is 2.65 bits per heavy atom. The number of carbonyl (C=O) groups excluding carboxylic acids is 1. The largest absolute Gasteiger partial charge is 0.439 e. The van der Waals surface area contributed by atoms with Gasteiger partial charge in [-0.2, -0.15) is 13.2 Å². The Morgan fingerprint density at radius 2 is 2.12 bits per heavy atom. The van der Waals surface area contributed by atoms with Gasteiger partial charge in [-0.15, -0.1) is 0 Å². The first-order valence-electron chi connectivity index (χ1n) is 4.97. The lowest BCUT2D eigenvalue weighted by molar-refractivity contribution is -0.137. The highest BCUT2D eigenvalue weighted by molar-refractivity contribution is 5.69. The number of amides is 1. The zero-order valence-corrected chi connectivity index (χ0v) is 8.99. The smallest absolute Gasteiger partial charge is 0.416 e. The predicted molar refractivity (Wildman–Crippen MR) is 53.3 cm³/mol. The van der Waals surface area contributed by atoms with Crippen molar-refractivity contribution < 1.29 is 22.7 Å². The number of ether oxygens (including phenoxy) is 1. The van der Waals surface area contributed by atoms with Crippen molar-refractivity contribution in [2.75, 3.05) is 13.6 Å². The van der Waals surface area contributed by atoms with E-state index < -0.39 is 23.9 Å². The third-order valence-corrected chi connectivity index (χ3v) is 2.58. The molecule has 0 bridgehead atoms. The lowest BCUT2D eigenvalue weighted by Gasteiger charge is -2.11. The highest BCUT2D eigenvalue weighted by Crippen LogP contribution is 2.32. The van der Waals surface area contributed by atoms with E-state index in [2.05, 4.69) is 0 Å². The summed E-state index contributed by atoms with van der Waals surface area (Å²) in [5.74, 6) is 0. The monoisotopic (exact) mass is 245 g/mol. The van der Waals surface area contributed by atoms with Crippen molar-refractivity contribution in [3.8, 4) is 0 Å². The fourth-order valence-electron chi connectivity index (χ4n) is 1.66. The lowest BCUT2D eigenvalue weighted by atomic mass is 10.1. The maximum absolute atomic E-state index is 12.5. The first-order valence-corrected chi connectivity index (χ1v) is 4.97. The first kappa shape index (κ1) is 11.8. The molecule has 1 unspecified atom stereocenters. The average Bonchev–Trinajstić information content (AvgIpc) is 2.58. The molecule has 0 aliphatic carbocycles. The molecule has 6 heteroatoms. The van der Waals surface area contributed by atoms with Gasteiger partial charge >= 0.3 is 12.3 Å². The molecule has 0 radical (unpaired) electrons. The Balaban J connectivity index is 2.26. The molecular formula is C11H10F3NO2. The summed E-state index contributed by atoms with van der Waals surface area (Å²) >= 11 is 0. The highest BCUT2D eigenvalue weighted by Gasteiger charge is 2.33. The summed E-state index contributed by atoms with van der Waals surface area (Å²) in [5.41, 5.74) is -0.377. The number of rotatable bonds is 1. The van der Waals surface area contributed by atoms with Gasteiger partial charge < -0.3 is 9.64 Å². The summed E-state index contributed by atoms with van der Waals surface area (Å²) in [7, 11) is 1.54. The summed E-state index contributed by atoms with van der Waals surface area (Å²) in [5, 5.41) is 0. The summed E-state index contributed by atoms with van der Waals surface area (Å²) in [6.45, 7) is 0.264. The third kappa shape index (κ3) is 2.35. The number of alkyl halides is 3. The second kappa shape index (κ2) is 3.94. The van der Waals surface area contributed by atoms with Crippen LogP contribution >= 0.6 is 0 Å². The van der Waals surface area contributed by atoms with Crippen LogP contribution in [0, 0.1) is 0 Å². The topological polar surface area (TPSA) is 29.5 Å². The second-order valence-electron chi connectivity index (χ2n) is 3.88. The minimum Gasteiger partial charge on any atom is -0.439 e. The van der Waals surface area contributed by atoms with Crippen LogP contribution in [0.25, 0.3) is 0 Å². The van der Waals surface area contributed by atoms with E-state index in [0.717, 1.165) is 12.1 Å². The number of likely N-dealkylation sites (N-methyl/N-ethyl adjacent to an activating group) is 1. The molecule has 1 amide bonds. The summed E-state index contributed by atoms with van der Waals surface area (Å²) < 4.78 is 42.4. The normalized spacial score (nSPS) is 20.6. The maximum atomic E-state index is 12.5. The molecule has 1 aliphatic rings. The lowest BCUT2D eigenvalue weighted by Crippen LogP contribution is -2.17. The van der Waals surface area contributed by atoms with Crippen LogP contribution in [0.4, 0.5) is 18.0 Å². The van der Waals surface area contributed by atoms with E-state index in [1.807, 2.05) is 0 Å². The number of hydrogen-bond donors (Lipinski definition) is 0. The summed E-state index contributed by atoms with van der Waals surface area (Å²) in [6, 6.07) is 4.83. The van der Waals surface area contributed by atoms with Crippen molar-refractivity contribution in [3.63, 3.8) is 0 Å². The van der Waals surface area contributed by atoms with Gasteiger partial charge in [0.1, 0.15) is 6.10 Å². The maximum Gasteiger partial charge on any atom is 0.416 e. The van der Waals surface area contributed by atoms with E-state index in [4.69, 9.17) is 4.74 Å². The standard InChI is InChI=1S/C11H10F3NO2/c1-15-6-9(17-10(15)16)7-3-2-4-8(5-7)11(12,13)14/h2-5,9H,6H2,1H3. The zero-order valence-electron chi connectivity index (χ0n) is 8.99. The van der Waals surface area contributed by atoms with Crippen LogP contribution in [0.5, 0.6) is 0 Å².